The zero-order chi connectivity index (χ0) is 14.4. The highest BCUT2D eigenvalue weighted by atomic mass is 16.5. The molecule has 106 valence electrons. The van der Waals surface area contributed by atoms with E-state index in [1.165, 1.54) is 0 Å². The fourth-order valence-corrected chi connectivity index (χ4v) is 1.99. The molecule has 0 aromatic heterocycles. The SMILES string of the molecule is CCOc1cccc(N(C)CC(C)C(=O)NC)c1N. The number of nitrogens with zero attached hydrogens (tertiary/aromatic N) is 1. The van der Waals surface area contributed by atoms with Gasteiger partial charge in [0.1, 0.15) is 5.75 Å². The van der Waals surface area contributed by atoms with E-state index in [9.17, 15) is 4.79 Å². The van der Waals surface area contributed by atoms with Gasteiger partial charge >= 0.3 is 0 Å². The number of nitrogens with one attached hydrogen (secondary N) is 1. The minimum Gasteiger partial charge on any atom is -0.492 e. The number of nitrogens with two attached hydrogens (primary N) is 1. The number of hydrogen-bond acceptors (Lipinski definition) is 4. The van der Waals surface area contributed by atoms with Gasteiger partial charge in [-0.15, -0.1) is 0 Å². The lowest BCUT2D eigenvalue weighted by molar-refractivity contribution is -0.123. The predicted octanol–water partition coefficient (Wildman–Crippen LogP) is 1.49. The quantitative estimate of drug-likeness (QED) is 0.765. The lowest BCUT2D eigenvalue weighted by atomic mass is 10.1. The highest BCUT2D eigenvalue weighted by Gasteiger charge is 2.16. The number of ether oxygens (including phenoxy) is 1. The van der Waals surface area contributed by atoms with Crippen molar-refractivity contribution in [1.82, 2.24) is 5.32 Å². The maximum absolute atomic E-state index is 11.5. The van der Waals surface area contributed by atoms with Crippen LogP contribution in [-0.2, 0) is 4.79 Å². The van der Waals surface area contributed by atoms with E-state index in [1.54, 1.807) is 7.05 Å². The largest absolute Gasteiger partial charge is 0.492 e. The van der Waals surface area contributed by atoms with Crippen LogP contribution in [0.15, 0.2) is 18.2 Å². The smallest absolute Gasteiger partial charge is 0.224 e. The van der Waals surface area contributed by atoms with Gasteiger partial charge in [-0.05, 0) is 19.1 Å². The van der Waals surface area contributed by atoms with Gasteiger partial charge in [-0.1, -0.05) is 13.0 Å². The summed E-state index contributed by atoms with van der Waals surface area (Å²) in [5.74, 6) is 0.593. The van der Waals surface area contributed by atoms with Crippen molar-refractivity contribution in [1.29, 1.82) is 0 Å². The summed E-state index contributed by atoms with van der Waals surface area (Å²) in [6.07, 6.45) is 0. The van der Waals surface area contributed by atoms with E-state index in [2.05, 4.69) is 5.32 Å². The van der Waals surface area contributed by atoms with Crippen LogP contribution in [0.1, 0.15) is 13.8 Å². The van der Waals surface area contributed by atoms with E-state index >= 15 is 0 Å². The van der Waals surface area contributed by atoms with Gasteiger partial charge in [0.25, 0.3) is 0 Å². The fraction of sp³-hybridized carbons (Fsp3) is 0.500. The standard InChI is InChI=1S/C14H23N3O2/c1-5-19-12-8-6-7-11(13(12)15)17(4)9-10(2)14(18)16-3/h6-8,10H,5,9,15H2,1-4H3,(H,16,18). The van der Waals surface area contributed by atoms with Gasteiger partial charge < -0.3 is 20.7 Å². The van der Waals surface area contributed by atoms with Gasteiger partial charge in [0.15, 0.2) is 0 Å². The molecule has 0 aliphatic carbocycles. The summed E-state index contributed by atoms with van der Waals surface area (Å²) in [4.78, 5) is 13.5. The van der Waals surface area contributed by atoms with Crippen molar-refractivity contribution in [3.8, 4) is 5.75 Å². The fourth-order valence-electron chi connectivity index (χ4n) is 1.99. The molecule has 0 radical (unpaired) electrons. The van der Waals surface area contributed by atoms with Crippen LogP contribution in [0, 0.1) is 5.92 Å². The lowest BCUT2D eigenvalue weighted by Gasteiger charge is -2.24. The predicted molar refractivity (Wildman–Crippen MR) is 78.5 cm³/mol. The second-order valence-electron chi connectivity index (χ2n) is 4.52. The highest BCUT2D eigenvalue weighted by Crippen LogP contribution is 2.31. The molecular weight excluding hydrogens is 242 g/mol. The Morgan fingerprint density at radius 3 is 2.79 bits per heavy atom. The van der Waals surface area contributed by atoms with Crippen LogP contribution in [0.2, 0.25) is 0 Å². The van der Waals surface area contributed by atoms with E-state index in [0.29, 0.717) is 24.6 Å². The van der Waals surface area contributed by atoms with Crippen LogP contribution in [0.4, 0.5) is 11.4 Å². The molecule has 0 saturated heterocycles. The molecular formula is C14H23N3O2. The number of benzene rings is 1. The molecule has 0 spiro atoms. The van der Waals surface area contributed by atoms with Crippen molar-refractivity contribution in [2.45, 2.75) is 13.8 Å². The van der Waals surface area contributed by atoms with Crippen molar-refractivity contribution in [2.24, 2.45) is 5.92 Å². The number of anilines is 2. The molecule has 5 heteroatoms. The first kappa shape index (κ1) is 15.1. The number of hydrogen-bond donors (Lipinski definition) is 2. The summed E-state index contributed by atoms with van der Waals surface area (Å²) in [7, 11) is 3.56. The molecule has 0 fully saturated rings. The number of amides is 1. The van der Waals surface area contributed by atoms with Crippen molar-refractivity contribution in [3.63, 3.8) is 0 Å². The zero-order valence-corrected chi connectivity index (χ0v) is 12.1. The Labute approximate surface area is 114 Å². The number of nitrogen functional groups attached to an aromatic ring is 1. The Hall–Kier alpha value is -1.91. The van der Waals surface area contributed by atoms with Crippen molar-refractivity contribution >= 4 is 17.3 Å². The Kier molecular flexibility index (Phi) is 5.48. The van der Waals surface area contributed by atoms with Gasteiger partial charge in [-0.2, -0.15) is 0 Å². The molecule has 1 unspecified atom stereocenters. The second-order valence-corrected chi connectivity index (χ2v) is 4.52. The monoisotopic (exact) mass is 265 g/mol. The molecule has 1 amide bonds. The van der Waals surface area contributed by atoms with Crippen molar-refractivity contribution in [3.05, 3.63) is 18.2 Å². The van der Waals surface area contributed by atoms with Crippen LogP contribution >= 0.6 is 0 Å². The molecule has 0 aliphatic heterocycles. The average molecular weight is 265 g/mol. The number of rotatable bonds is 6. The average Bonchev–Trinajstić information content (AvgIpc) is 2.40. The molecule has 5 nitrogen and oxygen atoms in total. The maximum atomic E-state index is 11.5. The molecule has 0 bridgehead atoms. The topological polar surface area (TPSA) is 67.6 Å². The maximum Gasteiger partial charge on any atom is 0.224 e. The normalized spacial score (nSPS) is 11.8. The first-order valence-corrected chi connectivity index (χ1v) is 6.45. The third kappa shape index (κ3) is 3.77. The third-order valence-corrected chi connectivity index (χ3v) is 3.00. The van der Waals surface area contributed by atoms with E-state index in [4.69, 9.17) is 10.5 Å². The Balaban J connectivity index is 2.85. The molecule has 19 heavy (non-hydrogen) atoms. The van der Waals surface area contributed by atoms with E-state index in [1.807, 2.05) is 44.0 Å². The van der Waals surface area contributed by atoms with E-state index < -0.39 is 0 Å². The Morgan fingerprint density at radius 2 is 2.21 bits per heavy atom. The number of para-hydroxylation sites is 1. The first-order valence-electron chi connectivity index (χ1n) is 6.45. The molecule has 0 heterocycles. The van der Waals surface area contributed by atoms with Crippen LogP contribution in [-0.4, -0.2) is 33.2 Å². The Bertz CT molecular complexity index is 435. The van der Waals surface area contributed by atoms with Crippen molar-refractivity contribution in [2.75, 3.05) is 37.9 Å². The molecule has 1 aromatic carbocycles. The van der Waals surface area contributed by atoms with Gasteiger partial charge in [-0.25, -0.2) is 0 Å². The molecule has 0 aliphatic rings. The van der Waals surface area contributed by atoms with Crippen LogP contribution in [0.25, 0.3) is 0 Å². The summed E-state index contributed by atoms with van der Waals surface area (Å²) in [5.41, 5.74) is 7.57. The minimum atomic E-state index is -0.106. The number of carbonyl (C=O) groups excluding carboxylic acids is 1. The van der Waals surface area contributed by atoms with Gasteiger partial charge in [0, 0.05) is 20.6 Å². The lowest BCUT2D eigenvalue weighted by Crippen LogP contribution is -2.34. The molecule has 1 atom stereocenters. The minimum absolute atomic E-state index is 0.0198. The van der Waals surface area contributed by atoms with E-state index in [0.717, 1.165) is 5.69 Å². The van der Waals surface area contributed by atoms with Gasteiger partial charge in [0.05, 0.1) is 23.9 Å². The summed E-state index contributed by atoms with van der Waals surface area (Å²) in [5, 5.41) is 2.65. The van der Waals surface area contributed by atoms with E-state index in [-0.39, 0.29) is 11.8 Å². The third-order valence-electron chi connectivity index (χ3n) is 3.00. The summed E-state index contributed by atoms with van der Waals surface area (Å²) >= 11 is 0. The number of carbonyl (C=O) groups is 1. The summed E-state index contributed by atoms with van der Waals surface area (Å²) < 4.78 is 5.47. The molecule has 0 saturated carbocycles. The first-order chi connectivity index (χ1) is 9.01. The van der Waals surface area contributed by atoms with Gasteiger partial charge in [0.2, 0.25) is 5.91 Å². The second kappa shape index (κ2) is 6.87. The van der Waals surface area contributed by atoms with Gasteiger partial charge in [-0.3, -0.25) is 4.79 Å². The van der Waals surface area contributed by atoms with Crippen LogP contribution in [0.3, 0.4) is 0 Å². The molecule has 1 aromatic rings. The van der Waals surface area contributed by atoms with Crippen LogP contribution < -0.4 is 20.7 Å². The van der Waals surface area contributed by atoms with Crippen molar-refractivity contribution < 1.29 is 9.53 Å². The van der Waals surface area contributed by atoms with Crippen LogP contribution in [0.5, 0.6) is 5.75 Å². The molecule has 1 rings (SSSR count). The Morgan fingerprint density at radius 1 is 1.53 bits per heavy atom. The zero-order valence-electron chi connectivity index (χ0n) is 12.1. The summed E-state index contributed by atoms with van der Waals surface area (Å²) in [6, 6.07) is 5.67. The molecule has 3 N–H and O–H groups in total. The summed E-state index contributed by atoms with van der Waals surface area (Å²) in [6.45, 7) is 4.98. The highest BCUT2D eigenvalue weighted by molar-refractivity contribution is 5.79.